The van der Waals surface area contributed by atoms with Crippen molar-refractivity contribution in [3.05, 3.63) is 142 Å². The van der Waals surface area contributed by atoms with E-state index in [1.165, 1.54) is 57.3 Å². The highest BCUT2D eigenvalue weighted by molar-refractivity contribution is 7.84. The first-order valence-electron chi connectivity index (χ1n) is 17.5. The number of rotatable bonds is 7. The maximum absolute atomic E-state index is 14.1. The van der Waals surface area contributed by atoms with Gasteiger partial charge in [-0.2, -0.15) is 0 Å². The molecule has 0 bridgehead atoms. The fraction of sp³-hybridized carbons (Fsp3) is 0.429. The number of benzene rings is 4. The van der Waals surface area contributed by atoms with Crippen LogP contribution in [0.2, 0.25) is 0 Å². The molecule has 0 amide bonds. The molecule has 0 aromatic heterocycles. The first-order chi connectivity index (χ1) is 23.0. The molecule has 0 saturated carbocycles. The van der Waals surface area contributed by atoms with E-state index in [0.717, 1.165) is 26.1 Å². The van der Waals surface area contributed by atoms with Crippen LogP contribution in [-0.4, -0.2) is 32.0 Å². The Morgan fingerprint density at radius 1 is 0.583 bits per heavy atom. The van der Waals surface area contributed by atoms with Gasteiger partial charge in [0.2, 0.25) is 0 Å². The van der Waals surface area contributed by atoms with Gasteiger partial charge in [0, 0.05) is 31.8 Å². The number of hydrogen-bond donors (Lipinski definition) is 0. The van der Waals surface area contributed by atoms with Crippen molar-refractivity contribution in [3.8, 4) is 0 Å². The minimum Gasteiger partial charge on any atom is -0.382 e. The summed E-state index contributed by atoms with van der Waals surface area (Å²) in [4.78, 5) is 0. The van der Waals surface area contributed by atoms with Crippen molar-refractivity contribution < 1.29 is 9.30 Å². The molecule has 6 heteroatoms. The fourth-order valence-corrected chi connectivity index (χ4v) is 14.2. The van der Waals surface area contributed by atoms with E-state index in [9.17, 15) is 4.57 Å². The summed E-state index contributed by atoms with van der Waals surface area (Å²) in [6.07, 6.45) is 4.43. The summed E-state index contributed by atoms with van der Waals surface area (Å²) in [5, 5.41) is 0. The van der Waals surface area contributed by atoms with E-state index in [2.05, 4.69) is 125 Å². The van der Waals surface area contributed by atoms with Gasteiger partial charge in [0.05, 0.1) is 11.3 Å². The zero-order valence-corrected chi connectivity index (χ0v) is 32.9. The highest BCUT2D eigenvalue weighted by Gasteiger charge is 2.49. The molecule has 3 nitrogen and oxygen atoms in total. The lowest BCUT2D eigenvalue weighted by atomic mass is 10.0. The summed E-state index contributed by atoms with van der Waals surface area (Å²) in [7, 11) is 0.967. The van der Waals surface area contributed by atoms with Crippen LogP contribution in [0.4, 0.5) is 0 Å². The van der Waals surface area contributed by atoms with Gasteiger partial charge in [-0.3, -0.25) is 4.67 Å². The molecular weight excluding hydrogens is 648 g/mol. The minimum atomic E-state index is -2.50. The van der Waals surface area contributed by atoms with E-state index in [1.54, 1.807) is 0 Å². The average Bonchev–Trinajstić information content (AvgIpc) is 3.64. The Hall–Kier alpha value is -2.25. The molecule has 2 saturated heterocycles. The molecule has 4 atom stereocenters. The summed E-state index contributed by atoms with van der Waals surface area (Å²) in [5.41, 5.74) is 11.8. The maximum atomic E-state index is 14.1. The van der Waals surface area contributed by atoms with Crippen LogP contribution in [0.5, 0.6) is 0 Å². The van der Waals surface area contributed by atoms with Crippen LogP contribution in [0.3, 0.4) is 0 Å². The Kier molecular flexibility index (Phi) is 14.6. The van der Waals surface area contributed by atoms with Gasteiger partial charge in [0.25, 0.3) is 0 Å². The van der Waals surface area contributed by atoms with Crippen molar-refractivity contribution in [3.63, 3.8) is 0 Å². The van der Waals surface area contributed by atoms with E-state index in [0.29, 0.717) is 11.3 Å². The Morgan fingerprint density at radius 2 is 0.875 bits per heavy atom. The zero-order valence-electron chi connectivity index (χ0n) is 30.3. The average molecular weight is 704 g/mol. The molecule has 2 heterocycles. The molecule has 0 unspecified atom stereocenters. The van der Waals surface area contributed by atoms with Crippen LogP contribution < -0.4 is 0 Å². The normalized spacial score (nSPS) is 21.7. The molecule has 0 N–H and O–H groups in total. The molecule has 4 aromatic carbocycles. The summed E-state index contributed by atoms with van der Waals surface area (Å²) in [5.74, 6) is 0. The van der Waals surface area contributed by atoms with Crippen LogP contribution in [0.15, 0.2) is 97.1 Å². The standard InChI is InChI=1S/C20H26NOP.C18H20ClP.C4H10O/c1-15-5-9-17(10-6-15)19-13-14-20(23(19,22)21(3)4)18-11-7-16(2)8-12-18;1-13-3-7-15(8-4-13)17-11-12-18(20(17)19)16-9-5-14(2)6-10-16;1-3-5-4-2/h5-12,19-20H,13-14H2,1-4H3;3-10,17-18H,11-12H2,1-2H3;3-4H2,1-2H3/t19-,20-;17-,18-;/m10./s1. The molecule has 0 radical (unpaired) electrons. The number of hydrogen-bond acceptors (Lipinski definition) is 2. The van der Waals surface area contributed by atoms with E-state index in [1.807, 2.05) is 32.6 Å². The largest absolute Gasteiger partial charge is 0.382 e. The molecule has 2 fully saturated rings. The second kappa shape index (κ2) is 18.1. The van der Waals surface area contributed by atoms with Gasteiger partial charge in [-0.1, -0.05) is 131 Å². The van der Waals surface area contributed by atoms with E-state index >= 15 is 0 Å². The smallest absolute Gasteiger partial charge is 0.164 e. The van der Waals surface area contributed by atoms with Crippen molar-refractivity contribution in [2.45, 2.75) is 89.9 Å². The van der Waals surface area contributed by atoms with Crippen LogP contribution in [0, 0.1) is 27.7 Å². The maximum Gasteiger partial charge on any atom is 0.164 e. The van der Waals surface area contributed by atoms with Gasteiger partial charge in [0.1, 0.15) is 0 Å². The SMILES string of the molecule is CCOCC.Cc1ccc([C@@H]2CC[C@@H](c3ccc(C)cc3)P2Cl)cc1.Cc1ccc([C@H]2CC[C@H](c3ccc(C)cc3)P2(=O)N(C)C)cc1. The van der Waals surface area contributed by atoms with Crippen LogP contribution >= 0.6 is 25.8 Å². The van der Waals surface area contributed by atoms with Crippen molar-refractivity contribution >= 4 is 25.8 Å². The Bertz CT molecular complexity index is 1470. The second-order valence-corrected chi connectivity index (χ2v) is 20.0. The van der Waals surface area contributed by atoms with Gasteiger partial charge in [-0.05, 0) is 104 Å². The molecular formula is C42H56ClNO2P2. The third-order valence-corrected chi connectivity index (χ3v) is 17.7. The molecule has 48 heavy (non-hydrogen) atoms. The third-order valence-electron chi connectivity index (χ3n) is 9.80. The number of halogens is 1. The van der Waals surface area contributed by atoms with Gasteiger partial charge >= 0.3 is 0 Å². The van der Waals surface area contributed by atoms with Gasteiger partial charge in [0.15, 0.2) is 7.29 Å². The lowest BCUT2D eigenvalue weighted by molar-refractivity contribution is 0.162. The lowest BCUT2D eigenvalue weighted by Gasteiger charge is -2.32. The van der Waals surface area contributed by atoms with Crippen molar-refractivity contribution in [1.29, 1.82) is 0 Å². The quantitative estimate of drug-likeness (QED) is 0.179. The Balaban J connectivity index is 0.000000192. The van der Waals surface area contributed by atoms with Gasteiger partial charge in [-0.15, -0.1) is 0 Å². The summed E-state index contributed by atoms with van der Waals surface area (Å²) < 4.78 is 20.9. The monoisotopic (exact) mass is 703 g/mol. The van der Waals surface area contributed by atoms with E-state index < -0.39 is 14.6 Å². The molecule has 0 aliphatic carbocycles. The predicted molar refractivity (Wildman–Crippen MR) is 210 cm³/mol. The third kappa shape index (κ3) is 9.50. The molecule has 0 spiro atoms. The highest BCUT2D eigenvalue weighted by atomic mass is 35.7. The van der Waals surface area contributed by atoms with Gasteiger partial charge in [-0.25, -0.2) is 0 Å². The first kappa shape index (κ1) is 38.6. The molecule has 2 aliphatic rings. The number of ether oxygens (including phenoxy) is 1. The zero-order chi connectivity index (χ0) is 34.8. The van der Waals surface area contributed by atoms with E-state index in [-0.39, 0.29) is 11.3 Å². The minimum absolute atomic E-state index is 0.143. The summed E-state index contributed by atoms with van der Waals surface area (Å²) >= 11 is 6.86. The molecule has 4 aromatic rings. The second-order valence-electron chi connectivity index (χ2n) is 13.5. The molecule has 6 rings (SSSR count). The van der Waals surface area contributed by atoms with E-state index in [4.69, 9.17) is 16.0 Å². The summed E-state index contributed by atoms with van der Waals surface area (Å²) in [6, 6.07) is 35.0. The number of nitrogens with zero attached hydrogens (tertiary/aromatic N) is 1. The van der Waals surface area contributed by atoms with Crippen LogP contribution in [-0.2, 0) is 9.30 Å². The summed E-state index contributed by atoms with van der Waals surface area (Å²) in [6.45, 7) is 14.1. The fourth-order valence-electron chi connectivity index (χ4n) is 6.98. The lowest BCUT2D eigenvalue weighted by Crippen LogP contribution is -2.15. The Labute approximate surface area is 297 Å². The first-order valence-corrected chi connectivity index (χ1v) is 21.7. The van der Waals surface area contributed by atoms with Crippen LogP contribution in [0.25, 0.3) is 0 Å². The van der Waals surface area contributed by atoms with Gasteiger partial charge < -0.3 is 9.30 Å². The molecule has 258 valence electrons. The van der Waals surface area contributed by atoms with Crippen LogP contribution in [0.1, 0.15) is 107 Å². The highest BCUT2D eigenvalue weighted by Crippen LogP contribution is 2.77. The van der Waals surface area contributed by atoms with Crippen molar-refractivity contribution in [2.75, 3.05) is 27.3 Å². The predicted octanol–water partition coefficient (Wildman–Crippen LogP) is 13.3. The Morgan fingerprint density at radius 3 is 1.12 bits per heavy atom. The van der Waals surface area contributed by atoms with Crippen molar-refractivity contribution in [1.82, 2.24) is 4.67 Å². The topological polar surface area (TPSA) is 29.5 Å². The molecule has 2 aliphatic heterocycles. The number of aryl methyl sites for hydroxylation is 4. The van der Waals surface area contributed by atoms with Crippen molar-refractivity contribution in [2.24, 2.45) is 0 Å².